The van der Waals surface area contributed by atoms with Gasteiger partial charge in [0.25, 0.3) is 5.91 Å². The number of carbonyl (C=O) groups excluding carboxylic acids is 1. The Morgan fingerprint density at radius 3 is 2.69 bits per heavy atom. The number of rotatable bonds is 5. The number of hydrogen-bond donors (Lipinski definition) is 0. The molecule has 0 radical (unpaired) electrons. The molecular formula is C19H16BrFN2O2S. The van der Waals surface area contributed by atoms with Gasteiger partial charge in [0.1, 0.15) is 22.3 Å². The average Bonchev–Trinajstić information content (AvgIpc) is 3.14. The molecule has 1 aromatic heterocycles. The fraction of sp³-hybridized carbons (Fsp3) is 0.158. The van der Waals surface area contributed by atoms with Gasteiger partial charge in [0.15, 0.2) is 0 Å². The van der Waals surface area contributed by atoms with Gasteiger partial charge in [-0.05, 0) is 42.5 Å². The highest BCUT2D eigenvalue weighted by Gasteiger charge is 2.18. The second-order valence-corrected chi connectivity index (χ2v) is 7.44. The van der Waals surface area contributed by atoms with Gasteiger partial charge in [0, 0.05) is 34.6 Å². The first-order valence-electron chi connectivity index (χ1n) is 7.77. The quantitative estimate of drug-likeness (QED) is 0.567. The molecule has 2 aromatic carbocycles. The number of ether oxygens (including phenoxy) is 1. The van der Waals surface area contributed by atoms with E-state index in [9.17, 15) is 9.18 Å². The number of methoxy groups -OCH3 is 1. The molecule has 0 unspecified atom stereocenters. The summed E-state index contributed by atoms with van der Waals surface area (Å²) in [4.78, 5) is 18.5. The van der Waals surface area contributed by atoms with Crippen LogP contribution in [-0.4, -0.2) is 29.9 Å². The zero-order chi connectivity index (χ0) is 18.7. The molecule has 0 atom stereocenters. The third-order valence-electron chi connectivity index (χ3n) is 3.82. The van der Waals surface area contributed by atoms with Crippen LogP contribution in [0.4, 0.5) is 4.39 Å². The maximum Gasteiger partial charge on any atom is 0.273 e. The molecule has 0 fully saturated rings. The zero-order valence-corrected chi connectivity index (χ0v) is 16.6. The first-order chi connectivity index (χ1) is 12.5. The maximum atomic E-state index is 13.9. The Labute approximate surface area is 163 Å². The van der Waals surface area contributed by atoms with Crippen molar-refractivity contribution in [2.75, 3.05) is 14.2 Å². The Bertz CT molecular complexity index is 928. The molecule has 7 heteroatoms. The number of aromatic nitrogens is 1. The molecule has 0 aliphatic carbocycles. The number of carbonyl (C=O) groups is 1. The number of halogens is 2. The maximum absolute atomic E-state index is 13.9. The predicted molar refractivity (Wildman–Crippen MR) is 104 cm³/mol. The average molecular weight is 435 g/mol. The van der Waals surface area contributed by atoms with Gasteiger partial charge in [0.2, 0.25) is 0 Å². The van der Waals surface area contributed by atoms with E-state index < -0.39 is 0 Å². The molecular weight excluding hydrogens is 419 g/mol. The second-order valence-electron chi connectivity index (χ2n) is 5.66. The molecule has 0 aliphatic heterocycles. The normalized spacial score (nSPS) is 10.6. The van der Waals surface area contributed by atoms with E-state index in [1.165, 1.54) is 22.3 Å². The Morgan fingerprint density at radius 2 is 2.00 bits per heavy atom. The van der Waals surface area contributed by atoms with Gasteiger partial charge in [-0.25, -0.2) is 9.37 Å². The number of thiazole rings is 1. The van der Waals surface area contributed by atoms with Gasteiger partial charge in [-0.1, -0.05) is 15.9 Å². The number of benzene rings is 2. The highest BCUT2D eigenvalue weighted by molar-refractivity contribution is 9.10. The van der Waals surface area contributed by atoms with Gasteiger partial charge in [-0.3, -0.25) is 4.79 Å². The van der Waals surface area contributed by atoms with E-state index >= 15 is 0 Å². The Hall–Kier alpha value is -2.25. The monoisotopic (exact) mass is 434 g/mol. The summed E-state index contributed by atoms with van der Waals surface area (Å²) < 4.78 is 19.8. The predicted octanol–water partition coefficient (Wildman–Crippen LogP) is 4.99. The molecule has 0 spiro atoms. The lowest BCUT2D eigenvalue weighted by Crippen LogP contribution is -2.26. The Morgan fingerprint density at radius 1 is 1.27 bits per heavy atom. The molecule has 0 aliphatic rings. The van der Waals surface area contributed by atoms with Crippen LogP contribution < -0.4 is 4.74 Å². The molecule has 0 N–H and O–H groups in total. The Kier molecular flexibility index (Phi) is 5.68. The van der Waals surface area contributed by atoms with Crippen molar-refractivity contribution in [1.29, 1.82) is 0 Å². The van der Waals surface area contributed by atoms with Crippen LogP contribution in [0.1, 0.15) is 16.1 Å². The van der Waals surface area contributed by atoms with E-state index in [0.717, 1.165) is 20.8 Å². The minimum Gasteiger partial charge on any atom is -0.497 e. The minimum absolute atomic E-state index is 0.166. The fourth-order valence-corrected chi connectivity index (χ4v) is 3.63. The van der Waals surface area contributed by atoms with Crippen molar-refractivity contribution in [3.63, 3.8) is 0 Å². The van der Waals surface area contributed by atoms with Gasteiger partial charge in [0.05, 0.1) is 7.11 Å². The number of hydrogen-bond acceptors (Lipinski definition) is 4. The molecule has 0 saturated carbocycles. The smallest absolute Gasteiger partial charge is 0.273 e. The van der Waals surface area contributed by atoms with Crippen molar-refractivity contribution < 1.29 is 13.9 Å². The SMILES string of the molecule is COc1ccc(-c2nc(C(=O)N(C)Cc3cc(Br)ccc3F)cs2)cc1. The second kappa shape index (κ2) is 7.97. The third kappa shape index (κ3) is 4.11. The summed E-state index contributed by atoms with van der Waals surface area (Å²) in [5.41, 5.74) is 1.70. The summed E-state index contributed by atoms with van der Waals surface area (Å²) in [7, 11) is 3.24. The first-order valence-corrected chi connectivity index (χ1v) is 9.44. The first kappa shape index (κ1) is 18.5. The number of nitrogens with zero attached hydrogens (tertiary/aromatic N) is 2. The Balaban J connectivity index is 1.75. The van der Waals surface area contributed by atoms with Crippen LogP contribution in [0.2, 0.25) is 0 Å². The molecule has 4 nitrogen and oxygen atoms in total. The molecule has 3 rings (SSSR count). The van der Waals surface area contributed by atoms with E-state index in [1.54, 1.807) is 31.7 Å². The van der Waals surface area contributed by atoms with E-state index in [2.05, 4.69) is 20.9 Å². The van der Waals surface area contributed by atoms with E-state index in [-0.39, 0.29) is 18.3 Å². The molecule has 134 valence electrons. The van der Waals surface area contributed by atoms with Gasteiger partial charge in [-0.2, -0.15) is 0 Å². The van der Waals surface area contributed by atoms with Crippen molar-refractivity contribution in [3.05, 3.63) is 69.4 Å². The van der Waals surface area contributed by atoms with Crippen LogP contribution in [-0.2, 0) is 6.54 Å². The highest BCUT2D eigenvalue weighted by atomic mass is 79.9. The molecule has 26 heavy (non-hydrogen) atoms. The minimum atomic E-state index is -0.343. The van der Waals surface area contributed by atoms with Crippen molar-refractivity contribution in [3.8, 4) is 16.3 Å². The summed E-state index contributed by atoms with van der Waals surface area (Å²) in [6.45, 7) is 0.166. The summed E-state index contributed by atoms with van der Waals surface area (Å²) >= 11 is 4.71. The van der Waals surface area contributed by atoms with Crippen molar-refractivity contribution in [2.45, 2.75) is 6.54 Å². The van der Waals surface area contributed by atoms with Crippen LogP contribution in [0.5, 0.6) is 5.75 Å². The summed E-state index contributed by atoms with van der Waals surface area (Å²) in [5.74, 6) is 0.169. The van der Waals surface area contributed by atoms with Crippen molar-refractivity contribution >= 4 is 33.2 Å². The third-order valence-corrected chi connectivity index (χ3v) is 5.21. The highest BCUT2D eigenvalue weighted by Crippen LogP contribution is 2.26. The molecule has 0 saturated heterocycles. The molecule has 3 aromatic rings. The van der Waals surface area contributed by atoms with Gasteiger partial charge in [-0.15, -0.1) is 11.3 Å². The van der Waals surface area contributed by atoms with Gasteiger partial charge >= 0.3 is 0 Å². The van der Waals surface area contributed by atoms with E-state index in [0.29, 0.717) is 11.3 Å². The van der Waals surface area contributed by atoms with Crippen LogP contribution in [0.25, 0.3) is 10.6 Å². The van der Waals surface area contributed by atoms with Crippen LogP contribution in [0.3, 0.4) is 0 Å². The largest absolute Gasteiger partial charge is 0.497 e. The lowest BCUT2D eigenvalue weighted by atomic mass is 10.2. The van der Waals surface area contributed by atoms with Crippen LogP contribution >= 0.6 is 27.3 Å². The lowest BCUT2D eigenvalue weighted by molar-refractivity contribution is 0.0779. The van der Waals surface area contributed by atoms with Crippen LogP contribution in [0, 0.1) is 5.82 Å². The lowest BCUT2D eigenvalue weighted by Gasteiger charge is -2.16. The van der Waals surface area contributed by atoms with E-state index in [4.69, 9.17) is 4.74 Å². The fourth-order valence-electron chi connectivity index (χ4n) is 2.43. The number of amides is 1. The molecule has 1 heterocycles. The molecule has 0 bridgehead atoms. The van der Waals surface area contributed by atoms with Gasteiger partial charge < -0.3 is 9.64 Å². The molecule has 1 amide bonds. The summed E-state index contributed by atoms with van der Waals surface area (Å²) in [5, 5.41) is 2.47. The standard InChI is InChI=1S/C19H16BrFN2O2S/c1-23(10-13-9-14(20)5-8-16(13)21)19(24)17-11-26-18(22-17)12-3-6-15(25-2)7-4-12/h3-9,11H,10H2,1-2H3. The van der Waals surface area contributed by atoms with Crippen LogP contribution in [0.15, 0.2) is 52.3 Å². The van der Waals surface area contributed by atoms with E-state index in [1.807, 2.05) is 24.3 Å². The summed E-state index contributed by atoms with van der Waals surface area (Å²) in [6, 6.07) is 12.2. The topological polar surface area (TPSA) is 42.4 Å². The summed E-state index contributed by atoms with van der Waals surface area (Å²) in [6.07, 6.45) is 0. The van der Waals surface area contributed by atoms with Crippen molar-refractivity contribution in [1.82, 2.24) is 9.88 Å². The van der Waals surface area contributed by atoms with Crippen molar-refractivity contribution in [2.24, 2.45) is 0 Å². The zero-order valence-electron chi connectivity index (χ0n) is 14.2.